The van der Waals surface area contributed by atoms with Crippen LogP contribution < -0.4 is 14.8 Å². The molecule has 0 radical (unpaired) electrons. The molecule has 3 rings (SSSR count). The zero-order chi connectivity index (χ0) is 20.6. The van der Waals surface area contributed by atoms with Crippen LogP contribution in [0, 0.1) is 0 Å². The third-order valence-corrected chi connectivity index (χ3v) is 4.15. The number of fused-ring (bicyclic) bond motifs is 1. The summed E-state index contributed by atoms with van der Waals surface area (Å²) in [6.07, 6.45) is 1.61. The number of hydrogen-bond donors (Lipinski definition) is 1. The lowest BCUT2D eigenvalue weighted by Gasteiger charge is -2.11. The second-order valence-corrected chi connectivity index (χ2v) is 6.12. The Labute approximate surface area is 168 Å². The second-order valence-electron chi connectivity index (χ2n) is 6.12. The molecule has 6 heteroatoms. The zero-order valence-corrected chi connectivity index (χ0v) is 16.0. The van der Waals surface area contributed by atoms with Crippen LogP contribution in [-0.4, -0.2) is 32.2 Å². The molecule has 0 aromatic heterocycles. The molecule has 3 aromatic carbocycles. The van der Waals surface area contributed by atoms with Crippen molar-refractivity contribution in [3.63, 3.8) is 0 Å². The van der Waals surface area contributed by atoms with Crippen molar-refractivity contribution in [3.05, 3.63) is 78.9 Å². The molecule has 0 heterocycles. The maximum absolute atomic E-state index is 12.3. The summed E-state index contributed by atoms with van der Waals surface area (Å²) in [5, 5.41) is 4.70. The number of benzene rings is 3. The first-order valence-corrected chi connectivity index (χ1v) is 8.99. The van der Waals surface area contributed by atoms with Gasteiger partial charge in [0.05, 0.1) is 12.7 Å². The van der Waals surface area contributed by atoms with Crippen LogP contribution >= 0.6 is 0 Å². The van der Waals surface area contributed by atoms with Crippen LogP contribution in [-0.2, 0) is 9.53 Å². The van der Waals surface area contributed by atoms with Crippen molar-refractivity contribution < 1.29 is 23.8 Å². The van der Waals surface area contributed by atoms with E-state index in [2.05, 4.69) is 11.9 Å². The third kappa shape index (κ3) is 4.93. The first-order valence-electron chi connectivity index (χ1n) is 8.99. The lowest BCUT2D eigenvalue weighted by atomic mass is 10.1. The van der Waals surface area contributed by atoms with Crippen LogP contribution in [0.5, 0.6) is 11.5 Å². The van der Waals surface area contributed by atoms with Gasteiger partial charge in [0, 0.05) is 11.1 Å². The maximum atomic E-state index is 12.3. The molecule has 0 atom stereocenters. The van der Waals surface area contributed by atoms with E-state index in [9.17, 15) is 9.59 Å². The predicted octanol–water partition coefficient (Wildman–Crippen LogP) is 4.21. The number of carbonyl (C=O) groups is 2. The number of amides is 1. The van der Waals surface area contributed by atoms with Crippen LogP contribution in [0.4, 0.5) is 5.69 Å². The first kappa shape index (κ1) is 19.9. The average molecular weight is 391 g/mol. The van der Waals surface area contributed by atoms with Gasteiger partial charge in [-0.1, -0.05) is 49.1 Å². The first-order chi connectivity index (χ1) is 14.1. The summed E-state index contributed by atoms with van der Waals surface area (Å²) in [6, 6.07) is 18.0. The molecule has 0 aliphatic heterocycles. The monoisotopic (exact) mass is 391 g/mol. The molecule has 0 bridgehead atoms. The van der Waals surface area contributed by atoms with E-state index in [1.807, 2.05) is 36.4 Å². The van der Waals surface area contributed by atoms with Gasteiger partial charge in [0.2, 0.25) is 0 Å². The largest absolute Gasteiger partial charge is 0.493 e. The van der Waals surface area contributed by atoms with Crippen LogP contribution in [0.15, 0.2) is 73.3 Å². The van der Waals surface area contributed by atoms with E-state index in [4.69, 9.17) is 14.2 Å². The quantitative estimate of drug-likeness (QED) is 0.460. The molecule has 0 saturated heterocycles. The minimum absolute atomic E-state index is 0.255. The molecule has 1 N–H and O–H groups in total. The minimum atomic E-state index is -0.633. The number of rotatable bonds is 8. The van der Waals surface area contributed by atoms with Crippen molar-refractivity contribution in [1.82, 2.24) is 0 Å². The van der Waals surface area contributed by atoms with Gasteiger partial charge in [0.25, 0.3) is 5.91 Å². The molecule has 0 saturated carbocycles. The lowest BCUT2D eigenvalue weighted by molar-refractivity contribution is -0.119. The SMILES string of the molecule is C=CCOc1ccc(C(=O)OCC(=O)Nc2cccc3ccccc23)cc1OC. The number of hydrogen-bond acceptors (Lipinski definition) is 5. The Morgan fingerprint density at radius 2 is 1.83 bits per heavy atom. The standard InChI is InChI=1S/C23H21NO5/c1-3-13-28-20-12-11-17(14-21(20)27-2)23(26)29-15-22(25)24-19-10-6-8-16-7-4-5-9-18(16)19/h3-12,14H,1,13,15H2,2H3,(H,24,25). The number of esters is 1. The van der Waals surface area contributed by atoms with Gasteiger partial charge in [0.1, 0.15) is 6.61 Å². The summed E-state index contributed by atoms with van der Waals surface area (Å²) in [5.74, 6) is -0.182. The molecule has 3 aromatic rings. The fourth-order valence-electron chi connectivity index (χ4n) is 2.80. The molecule has 0 aliphatic rings. The van der Waals surface area contributed by atoms with Crippen molar-refractivity contribution in [2.75, 3.05) is 25.6 Å². The van der Waals surface area contributed by atoms with Gasteiger partial charge in [0.15, 0.2) is 18.1 Å². The van der Waals surface area contributed by atoms with Gasteiger partial charge in [-0.2, -0.15) is 0 Å². The third-order valence-electron chi connectivity index (χ3n) is 4.15. The molecule has 1 amide bonds. The highest BCUT2D eigenvalue weighted by atomic mass is 16.5. The van der Waals surface area contributed by atoms with E-state index in [1.165, 1.54) is 13.2 Å². The Morgan fingerprint density at radius 3 is 2.62 bits per heavy atom. The Morgan fingerprint density at radius 1 is 1.03 bits per heavy atom. The molecule has 29 heavy (non-hydrogen) atoms. The Kier molecular flexibility index (Phi) is 6.47. The van der Waals surface area contributed by atoms with Crippen molar-refractivity contribution in [1.29, 1.82) is 0 Å². The zero-order valence-electron chi connectivity index (χ0n) is 16.0. The van der Waals surface area contributed by atoms with Crippen LogP contribution in [0.1, 0.15) is 10.4 Å². The number of methoxy groups -OCH3 is 1. The smallest absolute Gasteiger partial charge is 0.338 e. The van der Waals surface area contributed by atoms with Gasteiger partial charge < -0.3 is 19.5 Å². The van der Waals surface area contributed by atoms with Gasteiger partial charge >= 0.3 is 5.97 Å². The molecular weight excluding hydrogens is 370 g/mol. The predicted molar refractivity (Wildman–Crippen MR) is 112 cm³/mol. The Hall–Kier alpha value is -3.80. The van der Waals surface area contributed by atoms with Gasteiger partial charge in [-0.3, -0.25) is 4.79 Å². The van der Waals surface area contributed by atoms with Crippen molar-refractivity contribution in [2.24, 2.45) is 0 Å². The van der Waals surface area contributed by atoms with Crippen LogP contribution in [0.3, 0.4) is 0 Å². The topological polar surface area (TPSA) is 73.9 Å². The van der Waals surface area contributed by atoms with Gasteiger partial charge in [-0.25, -0.2) is 4.79 Å². The lowest BCUT2D eigenvalue weighted by Crippen LogP contribution is -2.21. The summed E-state index contributed by atoms with van der Waals surface area (Å²) < 4.78 is 15.8. The highest BCUT2D eigenvalue weighted by molar-refractivity contribution is 6.03. The highest BCUT2D eigenvalue weighted by Crippen LogP contribution is 2.28. The van der Waals surface area contributed by atoms with E-state index in [0.29, 0.717) is 23.8 Å². The number of ether oxygens (including phenoxy) is 3. The molecule has 148 valence electrons. The van der Waals surface area contributed by atoms with Crippen LogP contribution in [0.2, 0.25) is 0 Å². The van der Waals surface area contributed by atoms with Crippen LogP contribution in [0.25, 0.3) is 10.8 Å². The highest BCUT2D eigenvalue weighted by Gasteiger charge is 2.14. The van der Waals surface area contributed by atoms with Crippen molar-refractivity contribution in [2.45, 2.75) is 0 Å². The summed E-state index contributed by atoms with van der Waals surface area (Å²) >= 11 is 0. The summed E-state index contributed by atoms with van der Waals surface area (Å²) in [7, 11) is 1.48. The van der Waals surface area contributed by atoms with E-state index in [0.717, 1.165) is 10.8 Å². The summed E-state index contributed by atoms with van der Waals surface area (Å²) in [4.78, 5) is 24.5. The Bertz CT molecular complexity index is 1040. The molecule has 6 nitrogen and oxygen atoms in total. The fraction of sp³-hybridized carbons (Fsp3) is 0.130. The summed E-state index contributed by atoms with van der Waals surface area (Å²) in [6.45, 7) is 3.50. The van der Waals surface area contributed by atoms with Gasteiger partial charge in [-0.05, 0) is 29.7 Å². The minimum Gasteiger partial charge on any atom is -0.493 e. The molecule has 0 unspecified atom stereocenters. The fourth-order valence-corrected chi connectivity index (χ4v) is 2.80. The molecule has 0 spiro atoms. The molecular formula is C23H21NO5. The Balaban J connectivity index is 1.62. The molecule has 0 fully saturated rings. The second kappa shape index (κ2) is 9.41. The number of anilines is 1. The average Bonchev–Trinajstić information content (AvgIpc) is 2.76. The van der Waals surface area contributed by atoms with Crippen molar-refractivity contribution >= 4 is 28.3 Å². The van der Waals surface area contributed by atoms with E-state index in [-0.39, 0.29) is 5.56 Å². The van der Waals surface area contributed by atoms with E-state index < -0.39 is 18.5 Å². The number of carbonyl (C=O) groups excluding carboxylic acids is 2. The van der Waals surface area contributed by atoms with Gasteiger partial charge in [-0.15, -0.1) is 0 Å². The van der Waals surface area contributed by atoms with Crippen molar-refractivity contribution in [3.8, 4) is 11.5 Å². The van der Waals surface area contributed by atoms with E-state index >= 15 is 0 Å². The normalized spacial score (nSPS) is 10.2. The van der Waals surface area contributed by atoms with E-state index in [1.54, 1.807) is 24.3 Å². The maximum Gasteiger partial charge on any atom is 0.338 e. The number of nitrogens with one attached hydrogen (secondary N) is 1. The molecule has 0 aliphatic carbocycles. The summed E-state index contributed by atoms with van der Waals surface area (Å²) in [5.41, 5.74) is 0.917.